The van der Waals surface area contributed by atoms with Crippen LogP contribution in [0, 0.1) is 0 Å². The molecule has 12 heteroatoms. The summed E-state index contributed by atoms with van der Waals surface area (Å²) in [5.41, 5.74) is 0.697. The number of halogens is 3. The van der Waals surface area contributed by atoms with Crippen LogP contribution in [0.2, 0.25) is 15.1 Å². The van der Waals surface area contributed by atoms with Crippen molar-refractivity contribution >= 4 is 80.5 Å². The first-order chi connectivity index (χ1) is 14.4. The molecular formula is C18H13Cl3N4O3S2. The molecule has 30 heavy (non-hydrogen) atoms. The molecule has 0 aliphatic heterocycles. The predicted octanol–water partition coefficient (Wildman–Crippen LogP) is 5.49. The fourth-order valence-corrected chi connectivity index (χ4v) is 4.34. The van der Waals surface area contributed by atoms with E-state index in [-0.39, 0.29) is 27.4 Å². The number of carbonyl (C=O) groups excluding carboxylic acids is 2. The number of carbonyl (C=O) groups is 2. The Morgan fingerprint density at radius 2 is 1.80 bits per heavy atom. The summed E-state index contributed by atoms with van der Waals surface area (Å²) in [6.45, 7) is 0. The Hall–Kier alpha value is -2.04. The summed E-state index contributed by atoms with van der Waals surface area (Å²) in [4.78, 5) is 24.6. The molecule has 156 valence electrons. The van der Waals surface area contributed by atoms with Crippen LogP contribution in [0.3, 0.4) is 0 Å². The summed E-state index contributed by atoms with van der Waals surface area (Å²) < 4.78 is 5.71. The number of rotatable bonds is 7. The third-order valence-electron chi connectivity index (χ3n) is 3.56. The van der Waals surface area contributed by atoms with Crippen molar-refractivity contribution < 1.29 is 14.3 Å². The van der Waals surface area contributed by atoms with E-state index in [0.717, 1.165) is 11.3 Å². The van der Waals surface area contributed by atoms with Gasteiger partial charge in [-0.2, -0.15) is 0 Å². The maximum Gasteiger partial charge on any atom is 0.259 e. The van der Waals surface area contributed by atoms with Gasteiger partial charge in [0.1, 0.15) is 5.75 Å². The Morgan fingerprint density at radius 1 is 1.07 bits per heavy atom. The highest BCUT2D eigenvalue weighted by atomic mass is 35.5. The molecule has 0 saturated heterocycles. The van der Waals surface area contributed by atoms with Gasteiger partial charge in [0, 0.05) is 10.0 Å². The number of anilines is 2. The molecule has 0 unspecified atom stereocenters. The van der Waals surface area contributed by atoms with Gasteiger partial charge in [-0.3, -0.25) is 14.9 Å². The molecule has 0 aliphatic carbocycles. The van der Waals surface area contributed by atoms with E-state index in [9.17, 15) is 9.59 Å². The van der Waals surface area contributed by atoms with Crippen LogP contribution in [-0.2, 0) is 4.79 Å². The average Bonchev–Trinajstić information content (AvgIpc) is 3.15. The van der Waals surface area contributed by atoms with Gasteiger partial charge in [-0.05, 0) is 36.4 Å². The smallest absolute Gasteiger partial charge is 0.259 e. The van der Waals surface area contributed by atoms with Gasteiger partial charge in [-0.25, -0.2) is 0 Å². The van der Waals surface area contributed by atoms with Crippen molar-refractivity contribution in [3.8, 4) is 5.75 Å². The van der Waals surface area contributed by atoms with E-state index in [4.69, 9.17) is 39.5 Å². The second-order valence-electron chi connectivity index (χ2n) is 5.63. The molecule has 0 aliphatic rings. The van der Waals surface area contributed by atoms with Gasteiger partial charge in [0.15, 0.2) is 4.34 Å². The molecule has 3 rings (SSSR count). The van der Waals surface area contributed by atoms with Gasteiger partial charge in [-0.1, -0.05) is 57.9 Å². The van der Waals surface area contributed by atoms with Crippen molar-refractivity contribution in [2.45, 2.75) is 4.34 Å². The zero-order valence-corrected chi connectivity index (χ0v) is 19.1. The summed E-state index contributed by atoms with van der Waals surface area (Å²) in [5, 5.41) is 14.6. The molecule has 0 saturated carbocycles. The minimum atomic E-state index is -0.457. The summed E-state index contributed by atoms with van der Waals surface area (Å²) in [6, 6.07) is 9.51. The maximum atomic E-state index is 12.3. The average molecular weight is 504 g/mol. The van der Waals surface area contributed by atoms with E-state index in [1.165, 1.54) is 31.0 Å². The number of benzene rings is 2. The van der Waals surface area contributed by atoms with E-state index in [1.54, 1.807) is 24.3 Å². The fourth-order valence-electron chi connectivity index (χ4n) is 2.25. The molecule has 1 aromatic heterocycles. The van der Waals surface area contributed by atoms with Crippen molar-refractivity contribution in [1.29, 1.82) is 0 Å². The van der Waals surface area contributed by atoms with Crippen molar-refractivity contribution in [2.75, 3.05) is 23.5 Å². The Kier molecular flexibility index (Phi) is 7.79. The van der Waals surface area contributed by atoms with Gasteiger partial charge in [-0.15, -0.1) is 10.2 Å². The van der Waals surface area contributed by atoms with Gasteiger partial charge in [0.25, 0.3) is 5.91 Å². The molecule has 2 N–H and O–H groups in total. The monoisotopic (exact) mass is 502 g/mol. The van der Waals surface area contributed by atoms with Crippen LogP contribution in [0.1, 0.15) is 10.4 Å². The number of nitrogens with zero attached hydrogens (tertiary/aromatic N) is 2. The summed E-state index contributed by atoms with van der Waals surface area (Å²) >= 11 is 20.2. The number of ether oxygens (including phenoxy) is 1. The van der Waals surface area contributed by atoms with Gasteiger partial charge >= 0.3 is 0 Å². The molecule has 2 aromatic carbocycles. The zero-order chi connectivity index (χ0) is 21.7. The number of aromatic nitrogens is 2. The Labute approximate surface area is 195 Å². The number of amides is 2. The Balaban J connectivity index is 1.57. The van der Waals surface area contributed by atoms with E-state index in [0.29, 0.717) is 25.8 Å². The third-order valence-corrected chi connectivity index (χ3v) is 6.33. The molecule has 0 atom stereocenters. The summed E-state index contributed by atoms with van der Waals surface area (Å²) in [5.74, 6) is -0.148. The number of methoxy groups -OCH3 is 1. The molecule has 0 spiro atoms. The lowest BCUT2D eigenvalue weighted by Crippen LogP contribution is -2.14. The third kappa shape index (κ3) is 5.99. The summed E-state index contributed by atoms with van der Waals surface area (Å²) in [7, 11) is 1.50. The molecular weight excluding hydrogens is 491 g/mol. The molecule has 1 heterocycles. The highest BCUT2D eigenvalue weighted by molar-refractivity contribution is 8.01. The van der Waals surface area contributed by atoms with Gasteiger partial charge in [0.2, 0.25) is 11.0 Å². The van der Waals surface area contributed by atoms with Crippen LogP contribution in [0.25, 0.3) is 0 Å². The zero-order valence-electron chi connectivity index (χ0n) is 15.2. The highest BCUT2D eigenvalue weighted by Gasteiger charge is 2.15. The lowest BCUT2D eigenvalue weighted by Gasteiger charge is -2.09. The van der Waals surface area contributed by atoms with Crippen LogP contribution < -0.4 is 15.4 Å². The SMILES string of the molecule is COc1ccc(Cl)cc1NC(=O)CSc1nnc(NC(=O)c2cc(Cl)ccc2Cl)s1. The first-order valence-corrected chi connectivity index (χ1v) is 11.2. The highest BCUT2D eigenvalue weighted by Crippen LogP contribution is 2.30. The molecule has 0 radical (unpaired) electrons. The second-order valence-corrected chi connectivity index (χ2v) is 9.11. The predicted molar refractivity (Wildman–Crippen MR) is 122 cm³/mol. The van der Waals surface area contributed by atoms with Crippen molar-refractivity contribution in [2.24, 2.45) is 0 Å². The van der Waals surface area contributed by atoms with Crippen LogP contribution in [-0.4, -0.2) is 34.9 Å². The molecule has 7 nitrogen and oxygen atoms in total. The molecule has 2 amide bonds. The largest absolute Gasteiger partial charge is 0.495 e. The lowest BCUT2D eigenvalue weighted by molar-refractivity contribution is -0.113. The topological polar surface area (TPSA) is 93.2 Å². The minimum absolute atomic E-state index is 0.0817. The summed E-state index contributed by atoms with van der Waals surface area (Å²) in [6.07, 6.45) is 0. The minimum Gasteiger partial charge on any atom is -0.495 e. The van der Waals surface area contributed by atoms with Crippen LogP contribution in [0.4, 0.5) is 10.8 Å². The standard InChI is InChI=1S/C18H13Cl3N4O3S2/c1-28-14-5-3-10(20)7-13(14)22-15(26)8-29-18-25-24-17(30-18)23-16(27)11-6-9(19)2-4-12(11)21/h2-7H,8H2,1H3,(H,22,26)(H,23,24,27). The van der Waals surface area contributed by atoms with E-state index >= 15 is 0 Å². The maximum absolute atomic E-state index is 12.3. The lowest BCUT2D eigenvalue weighted by atomic mass is 10.2. The van der Waals surface area contributed by atoms with Crippen molar-refractivity contribution in [3.63, 3.8) is 0 Å². The van der Waals surface area contributed by atoms with E-state index in [2.05, 4.69) is 20.8 Å². The number of hydrogen-bond acceptors (Lipinski definition) is 7. The van der Waals surface area contributed by atoms with Gasteiger partial charge in [0.05, 0.1) is 29.1 Å². The van der Waals surface area contributed by atoms with E-state index in [1.807, 2.05) is 0 Å². The Bertz CT molecular complexity index is 1090. The quantitative estimate of drug-likeness (QED) is 0.327. The van der Waals surface area contributed by atoms with E-state index < -0.39 is 5.91 Å². The van der Waals surface area contributed by atoms with Crippen LogP contribution in [0.15, 0.2) is 40.7 Å². The van der Waals surface area contributed by atoms with Crippen LogP contribution in [0.5, 0.6) is 5.75 Å². The van der Waals surface area contributed by atoms with Crippen LogP contribution >= 0.6 is 57.9 Å². The second kappa shape index (κ2) is 10.3. The fraction of sp³-hybridized carbons (Fsp3) is 0.111. The van der Waals surface area contributed by atoms with Crippen molar-refractivity contribution in [3.05, 3.63) is 57.0 Å². The normalized spacial score (nSPS) is 10.5. The number of hydrogen-bond donors (Lipinski definition) is 2. The molecule has 0 fully saturated rings. The van der Waals surface area contributed by atoms with Crippen molar-refractivity contribution in [1.82, 2.24) is 10.2 Å². The molecule has 3 aromatic rings. The first-order valence-electron chi connectivity index (χ1n) is 8.22. The first kappa shape index (κ1) is 22.6. The Morgan fingerprint density at radius 3 is 2.57 bits per heavy atom. The number of thioether (sulfide) groups is 1. The number of nitrogens with one attached hydrogen (secondary N) is 2. The van der Waals surface area contributed by atoms with Gasteiger partial charge < -0.3 is 10.1 Å². The molecule has 0 bridgehead atoms.